The summed E-state index contributed by atoms with van der Waals surface area (Å²) in [5, 5.41) is 0. The van der Waals surface area contributed by atoms with Gasteiger partial charge >= 0.3 is 0 Å². The molecule has 2 heteroatoms. The molecular formula is C10H14O2. The monoisotopic (exact) mass is 166 g/mol. The molecule has 0 saturated heterocycles. The molecule has 0 spiro atoms. The zero-order chi connectivity index (χ0) is 8.81. The zero-order valence-electron chi connectivity index (χ0n) is 7.32. The second-order valence-electron chi connectivity index (χ2n) is 2.79. The van der Waals surface area contributed by atoms with Crippen LogP contribution in [0.25, 0.3) is 0 Å². The van der Waals surface area contributed by atoms with Crippen LogP contribution in [0.15, 0.2) is 24.3 Å². The van der Waals surface area contributed by atoms with Gasteiger partial charge in [-0.1, -0.05) is 25.5 Å². The van der Waals surface area contributed by atoms with Crippen molar-refractivity contribution in [2.75, 3.05) is 6.61 Å². The molecule has 0 aromatic carbocycles. The number of ether oxygens (including phenoxy) is 1. The van der Waals surface area contributed by atoms with Crippen LogP contribution in [-0.4, -0.2) is 18.5 Å². The molecule has 0 aromatic rings. The van der Waals surface area contributed by atoms with Crippen LogP contribution in [0.4, 0.5) is 0 Å². The van der Waals surface area contributed by atoms with Gasteiger partial charge in [0.1, 0.15) is 6.10 Å². The first-order chi connectivity index (χ1) is 5.84. The summed E-state index contributed by atoms with van der Waals surface area (Å²) in [5.74, 6) is 0.0496. The van der Waals surface area contributed by atoms with Crippen molar-refractivity contribution >= 4 is 5.78 Å². The van der Waals surface area contributed by atoms with Gasteiger partial charge in [0.25, 0.3) is 0 Å². The molecule has 0 heterocycles. The first-order valence-electron chi connectivity index (χ1n) is 4.35. The Hall–Kier alpha value is -0.890. The number of rotatable bonds is 4. The molecular weight excluding hydrogens is 152 g/mol. The van der Waals surface area contributed by atoms with E-state index < -0.39 is 0 Å². The van der Waals surface area contributed by atoms with E-state index >= 15 is 0 Å². The summed E-state index contributed by atoms with van der Waals surface area (Å²) in [7, 11) is 0. The molecule has 1 unspecified atom stereocenters. The van der Waals surface area contributed by atoms with Gasteiger partial charge in [-0.2, -0.15) is 0 Å². The third-order valence-electron chi connectivity index (χ3n) is 1.73. The molecule has 0 aromatic heterocycles. The lowest BCUT2D eigenvalue weighted by molar-refractivity contribution is -0.123. The SMILES string of the molecule is CCCCOC1C=CC=CC1=O. The molecule has 0 amide bonds. The van der Waals surface area contributed by atoms with E-state index in [1.54, 1.807) is 18.2 Å². The first-order valence-corrected chi connectivity index (χ1v) is 4.35. The molecule has 1 rings (SSSR count). The van der Waals surface area contributed by atoms with E-state index in [2.05, 4.69) is 6.92 Å². The summed E-state index contributed by atoms with van der Waals surface area (Å²) < 4.78 is 5.35. The van der Waals surface area contributed by atoms with Gasteiger partial charge in [-0.3, -0.25) is 4.79 Å². The second kappa shape index (κ2) is 4.88. The molecule has 12 heavy (non-hydrogen) atoms. The van der Waals surface area contributed by atoms with E-state index in [1.807, 2.05) is 6.08 Å². The molecule has 1 aliphatic rings. The third-order valence-corrected chi connectivity index (χ3v) is 1.73. The normalized spacial score (nSPS) is 21.8. The van der Waals surface area contributed by atoms with Crippen molar-refractivity contribution in [2.24, 2.45) is 0 Å². The van der Waals surface area contributed by atoms with Crippen molar-refractivity contribution in [3.05, 3.63) is 24.3 Å². The molecule has 0 radical (unpaired) electrons. The largest absolute Gasteiger partial charge is 0.366 e. The number of hydrogen-bond acceptors (Lipinski definition) is 2. The van der Waals surface area contributed by atoms with Crippen molar-refractivity contribution in [2.45, 2.75) is 25.9 Å². The smallest absolute Gasteiger partial charge is 0.188 e. The van der Waals surface area contributed by atoms with Crippen molar-refractivity contribution in [3.8, 4) is 0 Å². The molecule has 0 aliphatic heterocycles. The van der Waals surface area contributed by atoms with Crippen molar-refractivity contribution < 1.29 is 9.53 Å². The minimum Gasteiger partial charge on any atom is -0.366 e. The molecule has 0 saturated carbocycles. The van der Waals surface area contributed by atoms with Gasteiger partial charge in [-0.25, -0.2) is 0 Å². The second-order valence-corrected chi connectivity index (χ2v) is 2.79. The summed E-state index contributed by atoms with van der Waals surface area (Å²) in [5.41, 5.74) is 0. The number of carbonyl (C=O) groups excluding carboxylic acids is 1. The van der Waals surface area contributed by atoms with Crippen LogP contribution in [0.2, 0.25) is 0 Å². The van der Waals surface area contributed by atoms with Gasteiger partial charge in [-0.05, 0) is 18.6 Å². The van der Waals surface area contributed by atoms with E-state index in [0.29, 0.717) is 6.61 Å². The van der Waals surface area contributed by atoms with Crippen LogP contribution in [0.3, 0.4) is 0 Å². The highest BCUT2D eigenvalue weighted by atomic mass is 16.5. The topological polar surface area (TPSA) is 26.3 Å². The lowest BCUT2D eigenvalue weighted by Crippen LogP contribution is -2.22. The van der Waals surface area contributed by atoms with Crippen LogP contribution in [-0.2, 0) is 9.53 Å². The lowest BCUT2D eigenvalue weighted by atomic mass is 10.1. The Labute approximate surface area is 72.9 Å². The Balaban J connectivity index is 2.28. The van der Waals surface area contributed by atoms with Crippen LogP contribution in [0, 0.1) is 0 Å². The molecule has 2 nitrogen and oxygen atoms in total. The molecule has 66 valence electrons. The number of carbonyl (C=O) groups is 1. The number of hydrogen-bond donors (Lipinski definition) is 0. The van der Waals surface area contributed by atoms with Crippen molar-refractivity contribution in [1.29, 1.82) is 0 Å². The van der Waals surface area contributed by atoms with Crippen LogP contribution in [0.5, 0.6) is 0 Å². The van der Waals surface area contributed by atoms with Crippen LogP contribution < -0.4 is 0 Å². The van der Waals surface area contributed by atoms with Crippen LogP contribution in [0.1, 0.15) is 19.8 Å². The Morgan fingerprint density at radius 1 is 1.50 bits per heavy atom. The van der Waals surface area contributed by atoms with Gasteiger partial charge in [-0.15, -0.1) is 0 Å². The summed E-state index contributed by atoms with van der Waals surface area (Å²) >= 11 is 0. The average Bonchev–Trinajstić information content (AvgIpc) is 2.09. The first kappa shape index (κ1) is 9.20. The summed E-state index contributed by atoms with van der Waals surface area (Å²) in [6.45, 7) is 2.77. The Morgan fingerprint density at radius 3 is 3.00 bits per heavy atom. The summed E-state index contributed by atoms with van der Waals surface area (Å²) in [4.78, 5) is 11.1. The predicted molar refractivity (Wildman–Crippen MR) is 47.9 cm³/mol. The minimum absolute atomic E-state index is 0.0496. The third kappa shape index (κ3) is 2.62. The van der Waals surface area contributed by atoms with E-state index in [-0.39, 0.29) is 11.9 Å². The van der Waals surface area contributed by atoms with Gasteiger partial charge in [0.05, 0.1) is 0 Å². The standard InChI is InChI=1S/C10H14O2/c1-2-3-8-12-10-7-5-4-6-9(10)11/h4-7,10H,2-3,8H2,1H3. The lowest BCUT2D eigenvalue weighted by Gasteiger charge is -2.12. The fraction of sp³-hybridized carbons (Fsp3) is 0.500. The number of unbranched alkanes of at least 4 members (excludes halogenated alkanes) is 1. The molecule has 0 fully saturated rings. The van der Waals surface area contributed by atoms with E-state index in [0.717, 1.165) is 12.8 Å². The summed E-state index contributed by atoms with van der Waals surface area (Å²) in [6, 6.07) is 0. The highest BCUT2D eigenvalue weighted by Crippen LogP contribution is 2.04. The predicted octanol–water partition coefficient (Wildman–Crippen LogP) is 1.87. The highest BCUT2D eigenvalue weighted by Gasteiger charge is 2.13. The Kier molecular flexibility index (Phi) is 3.74. The molecule has 1 aliphatic carbocycles. The quantitative estimate of drug-likeness (QED) is 0.596. The average molecular weight is 166 g/mol. The van der Waals surface area contributed by atoms with Crippen molar-refractivity contribution in [1.82, 2.24) is 0 Å². The van der Waals surface area contributed by atoms with E-state index in [9.17, 15) is 4.79 Å². The maximum atomic E-state index is 11.1. The number of allylic oxidation sites excluding steroid dienone is 2. The Morgan fingerprint density at radius 2 is 2.33 bits per heavy atom. The van der Waals surface area contributed by atoms with Crippen LogP contribution >= 0.6 is 0 Å². The van der Waals surface area contributed by atoms with Gasteiger partial charge in [0.2, 0.25) is 0 Å². The molecule has 0 bridgehead atoms. The van der Waals surface area contributed by atoms with E-state index in [1.165, 1.54) is 0 Å². The zero-order valence-corrected chi connectivity index (χ0v) is 7.32. The fourth-order valence-corrected chi connectivity index (χ4v) is 0.997. The maximum absolute atomic E-state index is 11.1. The number of ketones is 1. The van der Waals surface area contributed by atoms with E-state index in [4.69, 9.17) is 4.74 Å². The molecule has 1 atom stereocenters. The fourth-order valence-electron chi connectivity index (χ4n) is 0.997. The van der Waals surface area contributed by atoms with Gasteiger partial charge < -0.3 is 4.74 Å². The minimum atomic E-state index is -0.332. The van der Waals surface area contributed by atoms with Gasteiger partial charge in [0, 0.05) is 6.61 Å². The maximum Gasteiger partial charge on any atom is 0.188 e. The highest BCUT2D eigenvalue weighted by molar-refractivity contribution is 5.96. The summed E-state index contributed by atoms with van der Waals surface area (Å²) in [6.07, 6.45) is 8.71. The Bertz CT molecular complexity index is 204. The van der Waals surface area contributed by atoms with Gasteiger partial charge in [0.15, 0.2) is 5.78 Å². The molecule has 0 N–H and O–H groups in total. The van der Waals surface area contributed by atoms with Crippen molar-refractivity contribution in [3.63, 3.8) is 0 Å².